The van der Waals surface area contributed by atoms with Crippen LogP contribution >= 0.6 is 0 Å². The number of nitrogens with one attached hydrogen (secondary N) is 1. The molecule has 0 atom stereocenters. The number of hydroxylamine groups is 2. The lowest BCUT2D eigenvalue weighted by Gasteiger charge is -2.13. The Morgan fingerprint density at radius 3 is 2.60 bits per heavy atom. The van der Waals surface area contributed by atoms with E-state index < -0.39 is 12.0 Å². The van der Waals surface area contributed by atoms with Gasteiger partial charge in [-0.15, -0.1) is 0 Å². The molecule has 0 fully saturated rings. The molecule has 0 saturated heterocycles. The Morgan fingerprint density at radius 2 is 2.00 bits per heavy atom. The van der Waals surface area contributed by atoms with E-state index in [0.717, 1.165) is 5.06 Å². The van der Waals surface area contributed by atoms with Gasteiger partial charge in [-0.2, -0.15) is 5.06 Å². The van der Waals surface area contributed by atoms with Crippen LogP contribution in [0.4, 0.5) is 10.5 Å². The minimum absolute atomic E-state index is 0.198. The number of carbonyl (C=O) groups excluding carboxylic acids is 3. The maximum absolute atomic E-state index is 11.5. The van der Waals surface area contributed by atoms with Gasteiger partial charge in [-0.05, 0) is 19.1 Å². The number of Topliss-reactive ketones (excluding diaryl/α,β-unsaturated/α-hetero) is 1. The summed E-state index contributed by atoms with van der Waals surface area (Å²) in [5, 5.41) is 3.45. The second kappa shape index (κ2) is 7.25. The van der Waals surface area contributed by atoms with Gasteiger partial charge in [0, 0.05) is 18.8 Å². The Balaban J connectivity index is 2.68. The van der Waals surface area contributed by atoms with E-state index in [1.807, 2.05) is 0 Å². The first-order valence-corrected chi connectivity index (χ1v) is 5.81. The molecule has 7 nitrogen and oxygen atoms in total. The molecule has 108 valence electrons. The molecule has 1 N–H and O–H groups in total. The second-order valence-electron chi connectivity index (χ2n) is 4.00. The largest absolute Gasteiger partial charge is 0.439 e. The number of ketones is 1. The molecule has 1 aromatic rings. The molecule has 0 aliphatic heterocycles. The van der Waals surface area contributed by atoms with Crippen LogP contribution in [0.25, 0.3) is 0 Å². The van der Waals surface area contributed by atoms with E-state index in [1.165, 1.54) is 27.1 Å². The summed E-state index contributed by atoms with van der Waals surface area (Å²) in [5.41, 5.74) is 0.432. The van der Waals surface area contributed by atoms with Crippen LogP contribution in [0, 0.1) is 0 Å². The quantitative estimate of drug-likeness (QED) is 0.654. The van der Waals surface area contributed by atoms with Gasteiger partial charge in [-0.1, -0.05) is 6.07 Å². The minimum Gasteiger partial charge on any atom is -0.409 e. The summed E-state index contributed by atoms with van der Waals surface area (Å²) in [7, 11) is 2.74. The van der Waals surface area contributed by atoms with Gasteiger partial charge in [0.15, 0.2) is 0 Å². The summed E-state index contributed by atoms with van der Waals surface area (Å²) in [5.74, 6) is -0.402. The first-order chi connectivity index (χ1) is 9.42. The van der Waals surface area contributed by atoms with Crippen LogP contribution in [0.1, 0.15) is 13.3 Å². The van der Waals surface area contributed by atoms with Gasteiger partial charge in [-0.3, -0.25) is 14.4 Å². The highest BCUT2D eigenvalue weighted by molar-refractivity contribution is 6.03. The molecule has 20 heavy (non-hydrogen) atoms. The van der Waals surface area contributed by atoms with Crippen molar-refractivity contribution >= 4 is 23.5 Å². The van der Waals surface area contributed by atoms with Crippen molar-refractivity contribution in [2.75, 3.05) is 19.5 Å². The predicted octanol–water partition coefficient (Wildman–Crippen LogP) is 1.60. The Hall–Kier alpha value is -2.41. The Morgan fingerprint density at radius 1 is 1.30 bits per heavy atom. The van der Waals surface area contributed by atoms with Crippen LogP contribution in [0.2, 0.25) is 0 Å². The molecule has 1 aromatic carbocycles. The van der Waals surface area contributed by atoms with Gasteiger partial charge < -0.3 is 10.1 Å². The average molecular weight is 280 g/mol. The molecule has 2 amide bonds. The summed E-state index contributed by atoms with van der Waals surface area (Å²) < 4.78 is 5.01. The van der Waals surface area contributed by atoms with Crippen LogP contribution in [-0.2, 0) is 14.4 Å². The topological polar surface area (TPSA) is 84.9 Å². The molecule has 0 aliphatic carbocycles. The lowest BCUT2D eigenvalue weighted by molar-refractivity contribution is -0.124. The van der Waals surface area contributed by atoms with Crippen LogP contribution < -0.4 is 10.1 Å². The third kappa shape index (κ3) is 5.07. The highest BCUT2D eigenvalue weighted by Crippen LogP contribution is 2.18. The third-order valence-electron chi connectivity index (χ3n) is 2.26. The summed E-state index contributed by atoms with van der Waals surface area (Å²) in [6.07, 6.45) is -0.893. The Bertz CT molecular complexity index is 515. The van der Waals surface area contributed by atoms with E-state index in [1.54, 1.807) is 18.2 Å². The van der Waals surface area contributed by atoms with Crippen molar-refractivity contribution in [3.05, 3.63) is 24.3 Å². The number of rotatable bonds is 5. The summed E-state index contributed by atoms with van der Waals surface area (Å²) >= 11 is 0. The highest BCUT2D eigenvalue weighted by atomic mass is 16.7. The van der Waals surface area contributed by atoms with E-state index in [4.69, 9.17) is 4.74 Å². The third-order valence-corrected chi connectivity index (χ3v) is 2.26. The van der Waals surface area contributed by atoms with E-state index >= 15 is 0 Å². The number of ether oxygens (including phenoxy) is 1. The predicted molar refractivity (Wildman–Crippen MR) is 71.2 cm³/mol. The van der Waals surface area contributed by atoms with Crippen LogP contribution in [-0.4, -0.2) is 37.0 Å². The molecule has 0 unspecified atom stereocenters. The maximum Gasteiger partial charge on any atom is 0.439 e. The lowest BCUT2D eigenvalue weighted by atomic mass is 10.2. The molecule has 0 radical (unpaired) electrons. The number of amides is 2. The van der Waals surface area contributed by atoms with Crippen molar-refractivity contribution in [3.63, 3.8) is 0 Å². The van der Waals surface area contributed by atoms with E-state index in [2.05, 4.69) is 10.2 Å². The van der Waals surface area contributed by atoms with Crippen LogP contribution in [0.3, 0.4) is 0 Å². The zero-order valence-corrected chi connectivity index (χ0v) is 11.5. The fraction of sp³-hybridized carbons (Fsp3) is 0.308. The number of nitrogens with zero attached hydrogens (tertiary/aromatic N) is 1. The van der Waals surface area contributed by atoms with E-state index in [-0.39, 0.29) is 18.0 Å². The second-order valence-corrected chi connectivity index (χ2v) is 4.00. The molecule has 0 aromatic heterocycles. The molecule has 7 heteroatoms. The normalized spacial score (nSPS) is 9.75. The van der Waals surface area contributed by atoms with Gasteiger partial charge in [0.1, 0.15) is 11.5 Å². The Kier molecular flexibility index (Phi) is 5.67. The van der Waals surface area contributed by atoms with Gasteiger partial charge >= 0.3 is 6.09 Å². The van der Waals surface area contributed by atoms with Crippen LogP contribution in [0.15, 0.2) is 24.3 Å². The highest BCUT2D eigenvalue weighted by Gasteiger charge is 2.11. The van der Waals surface area contributed by atoms with Crippen molar-refractivity contribution in [1.82, 2.24) is 5.06 Å². The number of hydrogen-bond donors (Lipinski definition) is 1. The maximum atomic E-state index is 11.5. The summed E-state index contributed by atoms with van der Waals surface area (Å²) in [6, 6.07) is 6.26. The monoisotopic (exact) mass is 280 g/mol. The number of hydrogen-bond acceptors (Lipinski definition) is 5. The zero-order chi connectivity index (χ0) is 15.1. The smallest absolute Gasteiger partial charge is 0.409 e. The minimum atomic E-state index is -0.695. The first-order valence-electron chi connectivity index (χ1n) is 5.81. The van der Waals surface area contributed by atoms with Crippen molar-refractivity contribution in [2.45, 2.75) is 13.3 Å². The molecule has 0 spiro atoms. The van der Waals surface area contributed by atoms with Gasteiger partial charge in [-0.25, -0.2) is 4.79 Å². The summed E-state index contributed by atoms with van der Waals surface area (Å²) in [6.45, 7) is 1.33. The SMILES string of the molecule is CON(C)C(=O)Oc1cccc(NC(=O)CC(C)=O)c1. The van der Waals surface area contributed by atoms with Crippen molar-refractivity contribution in [3.8, 4) is 5.75 Å². The fourth-order valence-corrected chi connectivity index (χ4v) is 1.31. The van der Waals surface area contributed by atoms with Crippen LogP contribution in [0.5, 0.6) is 5.75 Å². The fourth-order valence-electron chi connectivity index (χ4n) is 1.31. The zero-order valence-electron chi connectivity index (χ0n) is 11.5. The first kappa shape index (κ1) is 15.6. The van der Waals surface area contributed by atoms with E-state index in [9.17, 15) is 14.4 Å². The molecule has 0 aliphatic rings. The standard InChI is InChI=1S/C13H16N2O5/c1-9(16)7-12(17)14-10-5-4-6-11(8-10)20-13(18)15(2)19-3/h4-6,8H,7H2,1-3H3,(H,14,17). The Labute approximate surface area is 116 Å². The average Bonchev–Trinajstić information content (AvgIpc) is 2.36. The number of benzene rings is 1. The van der Waals surface area contributed by atoms with E-state index in [0.29, 0.717) is 5.69 Å². The number of carbonyl (C=O) groups is 3. The molecule has 0 heterocycles. The molecular formula is C13H16N2O5. The van der Waals surface area contributed by atoms with Gasteiger partial charge in [0.2, 0.25) is 5.91 Å². The molecule has 0 saturated carbocycles. The van der Waals surface area contributed by atoms with Crippen molar-refractivity contribution in [1.29, 1.82) is 0 Å². The van der Waals surface area contributed by atoms with Gasteiger partial charge in [0.25, 0.3) is 0 Å². The molecular weight excluding hydrogens is 264 g/mol. The molecule has 1 rings (SSSR count). The lowest BCUT2D eigenvalue weighted by Crippen LogP contribution is -2.28. The van der Waals surface area contributed by atoms with Crippen molar-refractivity contribution < 1.29 is 24.0 Å². The van der Waals surface area contributed by atoms with Crippen molar-refractivity contribution in [2.24, 2.45) is 0 Å². The van der Waals surface area contributed by atoms with Gasteiger partial charge in [0.05, 0.1) is 13.5 Å². The molecule has 0 bridgehead atoms. The summed E-state index contributed by atoms with van der Waals surface area (Å²) in [4.78, 5) is 38.4. The number of anilines is 1.